The molecule has 48 nitrogen and oxygen atoms in total. The quantitative estimate of drug-likeness (QED) is 0.0331. The normalized spacial score (nSPS) is 46.9. The fourth-order valence-electron chi connectivity index (χ4n) is 13.8. The summed E-state index contributed by atoms with van der Waals surface area (Å²) in [5.74, 6) is -9.59. The number of amides is 4. The Hall–Kier alpha value is -4.17. The van der Waals surface area contributed by atoms with Gasteiger partial charge >= 0.3 is 5.97 Å². The van der Waals surface area contributed by atoms with Gasteiger partial charge in [0, 0.05) is 34.1 Å². The highest BCUT2D eigenvalue weighted by atomic mass is 16.8. The third-order valence-electron chi connectivity index (χ3n) is 19.2. The van der Waals surface area contributed by atoms with E-state index in [1.54, 1.807) is 0 Å². The average Bonchev–Trinajstić information content (AvgIpc) is 0.742. The first kappa shape index (κ1) is 88.4. The van der Waals surface area contributed by atoms with Crippen LogP contribution < -0.4 is 21.3 Å². The number of aliphatic carboxylic acids is 1. The summed E-state index contributed by atoms with van der Waals surface area (Å²) in [4.78, 5) is 65.3. The number of carbonyl (C=O) groups is 5. The summed E-state index contributed by atoms with van der Waals surface area (Å²) >= 11 is 0. The summed E-state index contributed by atoms with van der Waals surface area (Å²) in [7, 11) is 0. The summed E-state index contributed by atoms with van der Waals surface area (Å²) in [5.41, 5.74) is 0. The molecule has 0 unspecified atom stereocenters. The number of hydrogen-bond donors (Lipinski definition) is 28. The van der Waals surface area contributed by atoms with Crippen LogP contribution >= 0.6 is 0 Å². The lowest BCUT2D eigenvalue weighted by molar-refractivity contribution is -0.405. The molecule has 0 aromatic rings. The molecule has 0 radical (unpaired) electrons. The van der Waals surface area contributed by atoms with Gasteiger partial charge in [-0.1, -0.05) is 0 Å². The number of hydrogen-bond acceptors (Lipinski definition) is 43. The molecule has 0 bridgehead atoms. The van der Waals surface area contributed by atoms with Gasteiger partial charge in [0.15, 0.2) is 44.0 Å². The van der Waals surface area contributed by atoms with Gasteiger partial charge in [-0.05, 0) is 0 Å². The molecule has 0 aliphatic carbocycles. The third kappa shape index (κ3) is 19.4. The predicted molar refractivity (Wildman–Crippen MR) is 328 cm³/mol. The molecule has 41 atom stereocenters. The van der Waals surface area contributed by atoms with E-state index in [1.807, 2.05) is 0 Å². The Bertz CT molecular complexity index is 2870. The van der Waals surface area contributed by atoms with Gasteiger partial charge in [-0.25, -0.2) is 4.79 Å². The number of ether oxygens (including phenoxy) is 15. The van der Waals surface area contributed by atoms with E-state index in [0.29, 0.717) is 0 Å². The molecule has 107 heavy (non-hydrogen) atoms. The molecule has 0 spiro atoms. The van der Waals surface area contributed by atoms with Crippen molar-refractivity contribution in [3.8, 4) is 0 Å². The molecule has 8 rings (SSSR count). The number of aliphatic hydroxyl groups excluding tert-OH is 23. The van der Waals surface area contributed by atoms with E-state index < -0.39 is 340 Å². The van der Waals surface area contributed by atoms with Crippen LogP contribution in [0.5, 0.6) is 0 Å². The fourth-order valence-corrected chi connectivity index (χ4v) is 13.8. The van der Waals surface area contributed by atoms with Gasteiger partial charge in [-0.2, -0.15) is 0 Å². The molecule has 8 saturated heterocycles. The van der Waals surface area contributed by atoms with Crippen LogP contribution in [0.15, 0.2) is 0 Å². The number of carboxylic acids is 1. The largest absolute Gasteiger partial charge is 0.477 e. The van der Waals surface area contributed by atoms with E-state index in [9.17, 15) is 147 Å². The molecule has 0 aromatic carbocycles. The molecule has 4 amide bonds. The standard InChI is InChI=1S/C59H98N4O44/c1-14(72)60-27-18(76)5-59(58(91)92,106-48(27)31(78)19(77)6-64)107-50-42(89)57(99-26(13-71)46(50)103-52-28(61-15(2)73)35(82)32(79)20(7-65)94-52)100-43-24(11-69)97-53(29(36(43)83)62-16(3)74)105-49-41(88)56(101-44-23(10-68)93-51(90)39(86)38(44)85)98-25(12-70)45(49)102-54-30(63-17(4)75)47(34(81)22(9-67)95-54)104-55-40(87)37(84)33(80)21(8-66)96-55/h18-57,64-71,76-90H,5-13H2,1-4H3,(H,60,72)(H,61,73)(H,62,74)(H,63,75)(H,91,92)/t18-,19+,20+,21+,22+,23+,24+,25+,26+,27+,28+,29+,30+,31+,32-,33-,34-,35+,36+,37-,38+,39+,40+,41+,42+,43+,44+,45-,46-,47+,48+,49+,50+,51+,52-,53-,54-,55-,56-,57-,59-/m0/s1. The van der Waals surface area contributed by atoms with Gasteiger partial charge in [-0.3, -0.25) is 19.2 Å². The van der Waals surface area contributed by atoms with Crippen molar-refractivity contribution in [3.63, 3.8) is 0 Å². The summed E-state index contributed by atoms with van der Waals surface area (Å²) in [6.45, 7) is -5.85. The van der Waals surface area contributed by atoms with Gasteiger partial charge in [0.1, 0.15) is 189 Å². The summed E-state index contributed by atoms with van der Waals surface area (Å²) in [6, 6.07) is -7.83. The van der Waals surface area contributed by atoms with Crippen LogP contribution in [0.3, 0.4) is 0 Å². The zero-order valence-corrected chi connectivity index (χ0v) is 57.4. The second-order valence-corrected chi connectivity index (χ2v) is 26.7. The highest BCUT2D eigenvalue weighted by Crippen LogP contribution is 2.43. The lowest BCUT2D eigenvalue weighted by Crippen LogP contribution is -2.72. The first-order valence-corrected chi connectivity index (χ1v) is 33.8. The van der Waals surface area contributed by atoms with Gasteiger partial charge in [-0.15, -0.1) is 0 Å². The Balaban J connectivity index is 1.19. The highest BCUT2D eigenvalue weighted by molar-refractivity contribution is 5.77. The molecule has 8 heterocycles. The molecule has 8 aliphatic rings. The number of carboxylic acid groups (broad SMARTS) is 1. The van der Waals surface area contributed by atoms with Gasteiger partial charge < -0.3 is 215 Å². The van der Waals surface area contributed by atoms with Crippen LogP contribution in [0.2, 0.25) is 0 Å². The smallest absolute Gasteiger partial charge is 0.364 e. The lowest BCUT2D eigenvalue weighted by atomic mass is 9.88. The van der Waals surface area contributed by atoms with Crippen molar-refractivity contribution in [2.24, 2.45) is 0 Å². The predicted octanol–water partition coefficient (Wildman–Crippen LogP) is -18.7. The maximum atomic E-state index is 13.8. The Morgan fingerprint density at radius 1 is 0.364 bits per heavy atom. The minimum absolute atomic E-state index is 0.863. The van der Waals surface area contributed by atoms with E-state index >= 15 is 0 Å². The summed E-state index contributed by atoms with van der Waals surface area (Å²) in [5, 5.41) is 274. The second kappa shape index (κ2) is 38.1. The van der Waals surface area contributed by atoms with Crippen LogP contribution in [0.4, 0.5) is 0 Å². The van der Waals surface area contributed by atoms with Crippen LogP contribution in [-0.4, -0.2) is 456 Å². The molecular formula is C59H98N4O44. The Labute approximate surface area is 605 Å². The molecule has 8 fully saturated rings. The Kier molecular flexibility index (Phi) is 31.5. The minimum atomic E-state index is -3.47. The summed E-state index contributed by atoms with van der Waals surface area (Å²) in [6.07, 6.45) is -79.7. The van der Waals surface area contributed by atoms with E-state index in [0.717, 1.165) is 27.7 Å². The van der Waals surface area contributed by atoms with Crippen molar-refractivity contribution >= 4 is 29.6 Å². The fraction of sp³-hybridized carbons (Fsp3) is 0.915. The third-order valence-corrected chi connectivity index (χ3v) is 19.2. The topological polar surface area (TPSA) is 757 Å². The molecule has 48 heteroatoms. The molecular weight excluding hydrogens is 1470 g/mol. The van der Waals surface area contributed by atoms with Gasteiger partial charge in [0.2, 0.25) is 23.6 Å². The summed E-state index contributed by atoms with van der Waals surface area (Å²) < 4.78 is 89.4. The van der Waals surface area contributed by atoms with Gasteiger partial charge in [0.05, 0.1) is 65.0 Å². The first-order chi connectivity index (χ1) is 50.5. The van der Waals surface area contributed by atoms with Crippen LogP contribution in [0, 0.1) is 0 Å². The number of carbonyl (C=O) groups excluding carboxylic acids is 4. The zero-order valence-electron chi connectivity index (χ0n) is 57.4. The maximum Gasteiger partial charge on any atom is 0.364 e. The van der Waals surface area contributed by atoms with Crippen LogP contribution in [0.25, 0.3) is 0 Å². The van der Waals surface area contributed by atoms with Crippen molar-refractivity contribution in [2.45, 2.75) is 285 Å². The molecule has 8 aliphatic heterocycles. The monoisotopic (exact) mass is 1570 g/mol. The Morgan fingerprint density at radius 2 is 0.720 bits per heavy atom. The van der Waals surface area contributed by atoms with Crippen molar-refractivity contribution in [2.75, 3.05) is 52.9 Å². The van der Waals surface area contributed by atoms with Crippen molar-refractivity contribution < 1.29 is 218 Å². The zero-order chi connectivity index (χ0) is 79.3. The lowest BCUT2D eigenvalue weighted by Gasteiger charge is -2.53. The maximum absolute atomic E-state index is 13.8. The average molecular weight is 1570 g/mol. The molecule has 28 N–H and O–H groups in total. The van der Waals surface area contributed by atoms with E-state index in [-0.39, 0.29) is 0 Å². The molecule has 618 valence electrons. The van der Waals surface area contributed by atoms with E-state index in [1.165, 1.54) is 0 Å². The minimum Gasteiger partial charge on any atom is -0.477 e. The number of rotatable bonds is 29. The van der Waals surface area contributed by atoms with E-state index in [2.05, 4.69) is 21.3 Å². The van der Waals surface area contributed by atoms with Crippen molar-refractivity contribution in [1.82, 2.24) is 21.3 Å². The van der Waals surface area contributed by atoms with Gasteiger partial charge in [0.25, 0.3) is 5.79 Å². The van der Waals surface area contributed by atoms with Crippen LogP contribution in [0.1, 0.15) is 34.1 Å². The molecule has 0 saturated carbocycles. The van der Waals surface area contributed by atoms with Crippen LogP contribution in [-0.2, 0) is 95.0 Å². The highest BCUT2D eigenvalue weighted by Gasteiger charge is 2.64. The van der Waals surface area contributed by atoms with Crippen molar-refractivity contribution in [3.05, 3.63) is 0 Å². The van der Waals surface area contributed by atoms with E-state index in [4.69, 9.17) is 71.1 Å². The second-order valence-electron chi connectivity index (χ2n) is 26.7. The number of nitrogens with one attached hydrogen (secondary N) is 4. The SMILES string of the molecule is CC(=O)N[C@H]1[C@H](O[C@@H]2[C@@H](O)[C@H](O[C@H]3[C@H](O)[C@@H](O)[C@H](O)O[C@@H]3CO)O[C@H](CO)[C@@H]2O[C@@H]2O[C@H](CO)[C@H](O)[C@H](O[C@@H]3O[C@H](CO)[C@H](O)[C@H](O)[C@H]3O)[C@H]2NC(C)=O)O[C@H](CO)[C@@H](O[C@@H]2O[C@H](CO)[C@H](O[C@@H]3O[C@H](CO)[C@H](O)[C@H](O)[C@H]3NC(C)=O)[C@H](O[C@]3(C(=O)O)C[C@H](O)[C@@H](NC(C)=O)[C@H]([C@H](O)[C@H](O)CO)O3)[C@H]2O)[C@@H]1O. The first-order valence-electron chi connectivity index (χ1n) is 33.8. The molecule has 0 aromatic heterocycles. The number of aliphatic hydroxyl groups is 23. The Morgan fingerprint density at radius 3 is 1.21 bits per heavy atom. The van der Waals surface area contributed by atoms with Crippen molar-refractivity contribution in [1.29, 1.82) is 0 Å².